The molecule has 8 nitrogen and oxygen atoms in total. The van der Waals surface area contributed by atoms with Gasteiger partial charge in [-0.15, -0.1) is 10.2 Å². The Hall–Kier alpha value is -3.81. The number of rotatable bonds is 6. The van der Waals surface area contributed by atoms with Crippen LogP contribution in [-0.4, -0.2) is 34.0 Å². The largest absolute Gasteiger partial charge is 0.362 e. The molecule has 1 atom stereocenters. The number of carbonyl (C=O) groups is 2. The van der Waals surface area contributed by atoms with E-state index in [2.05, 4.69) is 31.1 Å². The summed E-state index contributed by atoms with van der Waals surface area (Å²) in [4.78, 5) is 27.6. The molecule has 2 heterocycles. The van der Waals surface area contributed by atoms with E-state index in [4.69, 9.17) is 0 Å². The zero-order valence-corrected chi connectivity index (χ0v) is 15.5. The zero-order chi connectivity index (χ0) is 19.9. The van der Waals surface area contributed by atoms with Gasteiger partial charge in [0, 0.05) is 30.7 Å². The van der Waals surface area contributed by atoms with E-state index in [1.54, 1.807) is 43.7 Å². The Kier molecular flexibility index (Phi) is 5.91. The summed E-state index contributed by atoms with van der Waals surface area (Å²) < 4.78 is 0. The van der Waals surface area contributed by atoms with E-state index in [-0.39, 0.29) is 23.6 Å². The Balaban J connectivity index is 1.61. The molecule has 3 rings (SSSR count). The van der Waals surface area contributed by atoms with Crippen molar-refractivity contribution in [2.45, 2.75) is 13.0 Å². The predicted octanol–water partition coefficient (Wildman–Crippen LogP) is 2.66. The van der Waals surface area contributed by atoms with Crippen LogP contribution in [0.15, 0.2) is 60.9 Å². The summed E-state index contributed by atoms with van der Waals surface area (Å²) in [6.45, 7) is 1.99. The molecule has 1 aromatic carbocycles. The number of aromatic nitrogens is 3. The van der Waals surface area contributed by atoms with Crippen LogP contribution in [0.2, 0.25) is 0 Å². The molecule has 0 aliphatic carbocycles. The van der Waals surface area contributed by atoms with Gasteiger partial charge in [-0.05, 0) is 48.9 Å². The van der Waals surface area contributed by atoms with Crippen LogP contribution in [0.1, 0.15) is 39.4 Å². The Morgan fingerprint density at radius 1 is 0.893 bits per heavy atom. The maximum Gasteiger partial charge on any atom is 0.271 e. The van der Waals surface area contributed by atoms with Crippen LogP contribution in [0.4, 0.5) is 11.5 Å². The summed E-state index contributed by atoms with van der Waals surface area (Å²) in [5.41, 5.74) is 2.52. The van der Waals surface area contributed by atoms with Crippen molar-refractivity contribution in [1.29, 1.82) is 0 Å². The third kappa shape index (κ3) is 4.67. The van der Waals surface area contributed by atoms with Crippen LogP contribution < -0.4 is 16.0 Å². The van der Waals surface area contributed by atoms with Crippen molar-refractivity contribution in [2.75, 3.05) is 17.7 Å². The maximum atomic E-state index is 12.2. The van der Waals surface area contributed by atoms with Crippen LogP contribution in [0.3, 0.4) is 0 Å². The van der Waals surface area contributed by atoms with Gasteiger partial charge in [-0.2, -0.15) is 0 Å². The minimum absolute atomic E-state index is 0.0369. The van der Waals surface area contributed by atoms with Crippen molar-refractivity contribution in [3.05, 3.63) is 77.7 Å². The van der Waals surface area contributed by atoms with Gasteiger partial charge in [0.1, 0.15) is 5.82 Å². The Labute approximate surface area is 162 Å². The van der Waals surface area contributed by atoms with Gasteiger partial charge in [0.15, 0.2) is 5.69 Å². The molecule has 3 N–H and O–H groups in total. The van der Waals surface area contributed by atoms with Gasteiger partial charge in [-0.25, -0.2) is 0 Å². The second-order valence-corrected chi connectivity index (χ2v) is 6.06. The molecular weight excluding hydrogens is 356 g/mol. The number of carbonyl (C=O) groups excluding carboxylic acids is 2. The Bertz CT molecular complexity index is 943. The van der Waals surface area contributed by atoms with E-state index in [1.165, 1.54) is 0 Å². The van der Waals surface area contributed by atoms with E-state index in [1.807, 2.05) is 31.2 Å². The molecule has 2 aromatic heterocycles. The van der Waals surface area contributed by atoms with Gasteiger partial charge >= 0.3 is 0 Å². The highest BCUT2D eigenvalue weighted by Crippen LogP contribution is 2.20. The SMILES string of the molecule is CNC(=O)c1ccc(NC(C)c2ccc(NC(=O)c3ccncc3)cc2)nn1. The minimum Gasteiger partial charge on any atom is -0.362 e. The third-order valence-electron chi connectivity index (χ3n) is 4.10. The normalized spacial score (nSPS) is 11.4. The van der Waals surface area contributed by atoms with Gasteiger partial charge in [0.05, 0.1) is 6.04 Å². The molecule has 0 saturated carbocycles. The summed E-state index contributed by atoms with van der Waals surface area (Å²) in [5.74, 6) is 0.0968. The fourth-order valence-corrected chi connectivity index (χ4v) is 2.53. The third-order valence-corrected chi connectivity index (χ3v) is 4.10. The fraction of sp³-hybridized carbons (Fsp3) is 0.150. The summed E-state index contributed by atoms with van der Waals surface area (Å²) in [5, 5.41) is 16.5. The lowest BCUT2D eigenvalue weighted by Gasteiger charge is -2.15. The summed E-state index contributed by atoms with van der Waals surface area (Å²) >= 11 is 0. The van der Waals surface area contributed by atoms with E-state index in [0.717, 1.165) is 5.56 Å². The van der Waals surface area contributed by atoms with Crippen LogP contribution in [0.5, 0.6) is 0 Å². The van der Waals surface area contributed by atoms with Gasteiger partial charge < -0.3 is 16.0 Å². The number of hydrogen-bond acceptors (Lipinski definition) is 6. The highest BCUT2D eigenvalue weighted by atomic mass is 16.2. The number of hydrogen-bond donors (Lipinski definition) is 3. The first-order chi connectivity index (χ1) is 13.6. The topological polar surface area (TPSA) is 109 Å². The van der Waals surface area contributed by atoms with Crippen molar-refractivity contribution in [3.63, 3.8) is 0 Å². The van der Waals surface area contributed by atoms with E-state index < -0.39 is 0 Å². The minimum atomic E-state index is -0.281. The standard InChI is InChI=1S/C20H20N6O2/c1-13(23-18-8-7-17(25-26-18)20(28)21-2)14-3-5-16(6-4-14)24-19(27)15-9-11-22-12-10-15/h3-13H,1-2H3,(H,21,28)(H,23,26)(H,24,27). The lowest BCUT2D eigenvalue weighted by molar-refractivity contribution is 0.0956. The molecule has 2 amide bonds. The molecule has 0 aliphatic heterocycles. The van der Waals surface area contributed by atoms with Crippen molar-refractivity contribution >= 4 is 23.3 Å². The number of benzene rings is 1. The highest BCUT2D eigenvalue weighted by Gasteiger charge is 2.10. The van der Waals surface area contributed by atoms with Crippen molar-refractivity contribution in [2.24, 2.45) is 0 Å². The second-order valence-electron chi connectivity index (χ2n) is 6.06. The molecule has 0 aliphatic rings. The lowest BCUT2D eigenvalue weighted by atomic mass is 10.1. The molecule has 142 valence electrons. The van der Waals surface area contributed by atoms with Gasteiger partial charge in [-0.3, -0.25) is 14.6 Å². The monoisotopic (exact) mass is 376 g/mol. The van der Waals surface area contributed by atoms with Gasteiger partial charge in [-0.1, -0.05) is 12.1 Å². The Morgan fingerprint density at radius 3 is 2.21 bits per heavy atom. The molecule has 0 fully saturated rings. The molecule has 8 heteroatoms. The van der Waals surface area contributed by atoms with E-state index >= 15 is 0 Å². The van der Waals surface area contributed by atoms with Crippen molar-refractivity contribution in [3.8, 4) is 0 Å². The maximum absolute atomic E-state index is 12.2. The van der Waals surface area contributed by atoms with E-state index in [0.29, 0.717) is 17.1 Å². The van der Waals surface area contributed by atoms with Crippen LogP contribution in [0.25, 0.3) is 0 Å². The summed E-state index contributed by atoms with van der Waals surface area (Å²) in [6.07, 6.45) is 3.16. The first-order valence-corrected chi connectivity index (χ1v) is 8.70. The molecule has 28 heavy (non-hydrogen) atoms. The fourth-order valence-electron chi connectivity index (χ4n) is 2.53. The Morgan fingerprint density at radius 2 is 1.61 bits per heavy atom. The van der Waals surface area contributed by atoms with E-state index in [9.17, 15) is 9.59 Å². The van der Waals surface area contributed by atoms with Gasteiger partial charge in [0.25, 0.3) is 11.8 Å². The zero-order valence-electron chi connectivity index (χ0n) is 15.5. The predicted molar refractivity (Wildman–Crippen MR) is 106 cm³/mol. The van der Waals surface area contributed by atoms with Crippen molar-refractivity contribution in [1.82, 2.24) is 20.5 Å². The van der Waals surface area contributed by atoms with Crippen LogP contribution in [-0.2, 0) is 0 Å². The van der Waals surface area contributed by atoms with Crippen LogP contribution in [0, 0.1) is 0 Å². The molecule has 0 bridgehead atoms. The number of nitrogens with zero attached hydrogens (tertiary/aromatic N) is 3. The number of nitrogens with one attached hydrogen (secondary N) is 3. The summed E-state index contributed by atoms with van der Waals surface area (Å²) in [6, 6.07) is 14.1. The van der Waals surface area contributed by atoms with Crippen molar-refractivity contribution < 1.29 is 9.59 Å². The first kappa shape index (κ1) is 19.0. The molecular formula is C20H20N6O2. The lowest BCUT2D eigenvalue weighted by Crippen LogP contribution is -2.20. The average Bonchev–Trinajstić information content (AvgIpc) is 2.74. The van der Waals surface area contributed by atoms with Crippen LogP contribution >= 0.6 is 0 Å². The number of amides is 2. The first-order valence-electron chi connectivity index (χ1n) is 8.70. The molecule has 0 saturated heterocycles. The molecule has 3 aromatic rings. The number of pyridine rings is 1. The molecule has 1 unspecified atom stereocenters. The molecule has 0 radical (unpaired) electrons. The highest BCUT2D eigenvalue weighted by molar-refractivity contribution is 6.04. The smallest absolute Gasteiger partial charge is 0.271 e. The average molecular weight is 376 g/mol. The quantitative estimate of drug-likeness (QED) is 0.610. The number of anilines is 2. The molecule has 0 spiro atoms. The summed E-state index contributed by atoms with van der Waals surface area (Å²) in [7, 11) is 1.54. The van der Waals surface area contributed by atoms with Gasteiger partial charge in [0.2, 0.25) is 0 Å². The second kappa shape index (κ2) is 8.72.